The Balaban J connectivity index is 3.01. The molecule has 1 rings (SSSR count). The van der Waals surface area contributed by atoms with Crippen molar-refractivity contribution in [3.8, 4) is 0 Å². The molecule has 0 saturated heterocycles. The third-order valence-electron chi connectivity index (χ3n) is 2.00. The average Bonchev–Trinajstić information content (AvgIpc) is 2.17. The van der Waals surface area contributed by atoms with E-state index >= 15 is 0 Å². The summed E-state index contributed by atoms with van der Waals surface area (Å²) in [5.74, 6) is 0. The van der Waals surface area contributed by atoms with E-state index in [0.29, 0.717) is 6.61 Å². The molecule has 14 heavy (non-hydrogen) atoms. The maximum absolute atomic E-state index is 8.97. The molecular formula is C10H14BrNO2. The van der Waals surface area contributed by atoms with Crippen LogP contribution in [0.3, 0.4) is 0 Å². The first-order valence-corrected chi connectivity index (χ1v) is 5.12. The number of aliphatic hydroxyl groups is 1. The summed E-state index contributed by atoms with van der Waals surface area (Å²) in [5.41, 5.74) is 7.69. The molecule has 0 fully saturated rings. The highest BCUT2D eigenvalue weighted by atomic mass is 79.9. The SMILES string of the molecule is COCc1cc(Br)ccc1C(N)CO. The molecule has 3 N–H and O–H groups in total. The Bertz CT molecular complexity index is 304. The van der Waals surface area contributed by atoms with Gasteiger partial charge in [0.2, 0.25) is 0 Å². The van der Waals surface area contributed by atoms with Crippen molar-refractivity contribution in [3.63, 3.8) is 0 Å². The van der Waals surface area contributed by atoms with Crippen LogP contribution in [0.5, 0.6) is 0 Å². The predicted molar refractivity (Wildman–Crippen MR) is 58.9 cm³/mol. The average molecular weight is 260 g/mol. The molecule has 0 heterocycles. The number of rotatable bonds is 4. The Morgan fingerprint density at radius 3 is 2.86 bits per heavy atom. The second-order valence-corrected chi connectivity index (χ2v) is 3.98. The zero-order chi connectivity index (χ0) is 10.6. The van der Waals surface area contributed by atoms with Crippen LogP contribution in [0.4, 0.5) is 0 Å². The van der Waals surface area contributed by atoms with E-state index in [-0.39, 0.29) is 12.6 Å². The van der Waals surface area contributed by atoms with Crippen LogP contribution in [-0.4, -0.2) is 18.8 Å². The molecule has 1 aromatic rings. The van der Waals surface area contributed by atoms with Gasteiger partial charge in [-0.05, 0) is 23.3 Å². The molecular weight excluding hydrogens is 246 g/mol. The summed E-state index contributed by atoms with van der Waals surface area (Å²) in [6.45, 7) is 0.445. The van der Waals surface area contributed by atoms with Crippen molar-refractivity contribution in [2.75, 3.05) is 13.7 Å². The van der Waals surface area contributed by atoms with Gasteiger partial charge in [-0.15, -0.1) is 0 Å². The van der Waals surface area contributed by atoms with Crippen LogP contribution < -0.4 is 5.73 Å². The molecule has 1 aromatic carbocycles. The lowest BCUT2D eigenvalue weighted by Gasteiger charge is -2.14. The van der Waals surface area contributed by atoms with Crippen molar-refractivity contribution >= 4 is 15.9 Å². The van der Waals surface area contributed by atoms with E-state index in [1.165, 1.54) is 0 Å². The Hall–Kier alpha value is -0.420. The topological polar surface area (TPSA) is 55.5 Å². The molecule has 78 valence electrons. The molecule has 0 aromatic heterocycles. The molecule has 0 radical (unpaired) electrons. The smallest absolute Gasteiger partial charge is 0.0716 e. The first kappa shape index (κ1) is 11.7. The van der Waals surface area contributed by atoms with Gasteiger partial charge in [-0.2, -0.15) is 0 Å². The standard InChI is InChI=1S/C10H14BrNO2/c1-14-6-7-4-8(11)2-3-9(7)10(12)5-13/h2-4,10,13H,5-6,12H2,1H3. The highest BCUT2D eigenvalue weighted by Crippen LogP contribution is 2.21. The summed E-state index contributed by atoms with van der Waals surface area (Å²) < 4.78 is 6.04. The van der Waals surface area contributed by atoms with Gasteiger partial charge in [0.25, 0.3) is 0 Å². The summed E-state index contributed by atoms with van der Waals surface area (Å²) >= 11 is 3.38. The van der Waals surface area contributed by atoms with Gasteiger partial charge in [-0.3, -0.25) is 0 Å². The minimum Gasteiger partial charge on any atom is -0.394 e. The number of benzene rings is 1. The van der Waals surface area contributed by atoms with Crippen LogP contribution in [0, 0.1) is 0 Å². The van der Waals surface area contributed by atoms with Gasteiger partial charge in [-0.1, -0.05) is 22.0 Å². The van der Waals surface area contributed by atoms with Crippen molar-refractivity contribution < 1.29 is 9.84 Å². The highest BCUT2D eigenvalue weighted by molar-refractivity contribution is 9.10. The van der Waals surface area contributed by atoms with Crippen molar-refractivity contribution in [2.45, 2.75) is 12.6 Å². The predicted octanol–water partition coefficient (Wildman–Crippen LogP) is 1.59. The first-order chi connectivity index (χ1) is 6.69. The summed E-state index contributed by atoms with van der Waals surface area (Å²) in [6, 6.07) is 5.42. The Morgan fingerprint density at radius 2 is 2.29 bits per heavy atom. The molecule has 0 amide bonds. The van der Waals surface area contributed by atoms with Gasteiger partial charge < -0.3 is 15.6 Å². The fraction of sp³-hybridized carbons (Fsp3) is 0.400. The van der Waals surface area contributed by atoms with Gasteiger partial charge in [-0.25, -0.2) is 0 Å². The monoisotopic (exact) mass is 259 g/mol. The maximum Gasteiger partial charge on any atom is 0.0716 e. The number of halogens is 1. The minimum atomic E-state index is -0.340. The lowest BCUT2D eigenvalue weighted by molar-refractivity contribution is 0.182. The van der Waals surface area contributed by atoms with Crippen LogP contribution in [0.15, 0.2) is 22.7 Å². The lowest BCUT2D eigenvalue weighted by atomic mass is 10.0. The summed E-state index contributed by atoms with van der Waals surface area (Å²) in [6.07, 6.45) is 0. The zero-order valence-electron chi connectivity index (χ0n) is 8.03. The lowest BCUT2D eigenvalue weighted by Crippen LogP contribution is -2.16. The normalized spacial score (nSPS) is 12.9. The fourth-order valence-corrected chi connectivity index (χ4v) is 1.72. The molecule has 0 aliphatic carbocycles. The quantitative estimate of drug-likeness (QED) is 0.864. The molecule has 3 nitrogen and oxygen atoms in total. The molecule has 0 saturated carbocycles. The molecule has 0 bridgehead atoms. The van der Waals surface area contributed by atoms with Crippen LogP contribution in [-0.2, 0) is 11.3 Å². The largest absolute Gasteiger partial charge is 0.394 e. The van der Waals surface area contributed by atoms with Gasteiger partial charge in [0.15, 0.2) is 0 Å². The van der Waals surface area contributed by atoms with E-state index in [2.05, 4.69) is 15.9 Å². The second kappa shape index (κ2) is 5.46. The van der Waals surface area contributed by atoms with Gasteiger partial charge in [0, 0.05) is 11.6 Å². The van der Waals surface area contributed by atoms with Crippen LogP contribution >= 0.6 is 15.9 Å². The maximum atomic E-state index is 8.97. The van der Waals surface area contributed by atoms with E-state index in [1.807, 2.05) is 18.2 Å². The van der Waals surface area contributed by atoms with Crippen LogP contribution in [0.2, 0.25) is 0 Å². The van der Waals surface area contributed by atoms with E-state index in [1.54, 1.807) is 7.11 Å². The zero-order valence-corrected chi connectivity index (χ0v) is 9.62. The minimum absolute atomic E-state index is 0.0572. The molecule has 0 aliphatic heterocycles. The third kappa shape index (κ3) is 2.78. The van der Waals surface area contributed by atoms with E-state index < -0.39 is 0 Å². The number of hydrogen-bond acceptors (Lipinski definition) is 3. The summed E-state index contributed by atoms with van der Waals surface area (Å²) in [7, 11) is 1.63. The van der Waals surface area contributed by atoms with Gasteiger partial charge in [0.05, 0.1) is 19.3 Å². The molecule has 0 spiro atoms. The molecule has 1 atom stereocenters. The van der Waals surface area contributed by atoms with Crippen LogP contribution in [0.25, 0.3) is 0 Å². The summed E-state index contributed by atoms with van der Waals surface area (Å²) in [4.78, 5) is 0. The fourth-order valence-electron chi connectivity index (χ4n) is 1.31. The number of nitrogens with two attached hydrogens (primary N) is 1. The highest BCUT2D eigenvalue weighted by Gasteiger charge is 2.10. The van der Waals surface area contributed by atoms with Crippen molar-refractivity contribution in [3.05, 3.63) is 33.8 Å². The third-order valence-corrected chi connectivity index (χ3v) is 2.49. The van der Waals surface area contributed by atoms with Crippen molar-refractivity contribution in [2.24, 2.45) is 5.73 Å². The van der Waals surface area contributed by atoms with Crippen molar-refractivity contribution in [1.29, 1.82) is 0 Å². The van der Waals surface area contributed by atoms with E-state index in [9.17, 15) is 0 Å². The Kier molecular flexibility index (Phi) is 4.54. The Labute approximate surface area is 92.0 Å². The first-order valence-electron chi connectivity index (χ1n) is 4.32. The Morgan fingerprint density at radius 1 is 1.57 bits per heavy atom. The number of ether oxygens (including phenoxy) is 1. The molecule has 4 heteroatoms. The van der Waals surface area contributed by atoms with Crippen LogP contribution in [0.1, 0.15) is 17.2 Å². The summed E-state index contributed by atoms with van der Waals surface area (Å²) in [5, 5.41) is 8.97. The number of aliphatic hydroxyl groups excluding tert-OH is 1. The van der Waals surface area contributed by atoms with Gasteiger partial charge in [0.1, 0.15) is 0 Å². The molecule has 1 unspecified atom stereocenters. The number of methoxy groups -OCH3 is 1. The molecule has 0 aliphatic rings. The van der Waals surface area contributed by atoms with Crippen molar-refractivity contribution in [1.82, 2.24) is 0 Å². The second-order valence-electron chi connectivity index (χ2n) is 3.07. The number of hydrogen-bond donors (Lipinski definition) is 2. The van der Waals surface area contributed by atoms with E-state index in [0.717, 1.165) is 15.6 Å². The van der Waals surface area contributed by atoms with Gasteiger partial charge >= 0.3 is 0 Å². The van der Waals surface area contributed by atoms with E-state index in [4.69, 9.17) is 15.6 Å².